The fourth-order valence-electron chi connectivity index (χ4n) is 3.58. The van der Waals surface area contributed by atoms with Crippen molar-refractivity contribution in [3.8, 4) is 0 Å². The molecule has 1 heterocycles. The van der Waals surface area contributed by atoms with E-state index in [1.165, 1.54) is 0 Å². The van der Waals surface area contributed by atoms with Crippen molar-refractivity contribution >= 4 is 11.9 Å². The van der Waals surface area contributed by atoms with Gasteiger partial charge in [0.15, 0.2) is 0 Å². The lowest BCUT2D eigenvalue weighted by molar-refractivity contribution is -0.144. The molecule has 114 valence electrons. The van der Waals surface area contributed by atoms with Crippen LogP contribution in [0.2, 0.25) is 0 Å². The van der Waals surface area contributed by atoms with Crippen LogP contribution in [-0.4, -0.2) is 61.3 Å². The number of nitrogens with one attached hydrogen (secondary N) is 1. The molecule has 3 atom stereocenters. The Morgan fingerprint density at radius 1 is 1.40 bits per heavy atom. The van der Waals surface area contributed by atoms with E-state index in [-0.39, 0.29) is 18.4 Å². The fraction of sp³-hybridized carbons (Fsp3) is 0.857. The van der Waals surface area contributed by atoms with Crippen molar-refractivity contribution in [2.45, 2.75) is 31.7 Å². The molecule has 6 heteroatoms. The number of methoxy groups -OCH3 is 1. The number of amides is 1. The molecule has 0 aromatic carbocycles. The lowest BCUT2D eigenvalue weighted by Gasteiger charge is -2.23. The van der Waals surface area contributed by atoms with Gasteiger partial charge < -0.3 is 15.2 Å². The Hall–Kier alpha value is -1.14. The van der Waals surface area contributed by atoms with Crippen molar-refractivity contribution in [2.75, 3.05) is 33.4 Å². The average molecular weight is 284 g/mol. The van der Waals surface area contributed by atoms with Crippen LogP contribution >= 0.6 is 0 Å². The summed E-state index contributed by atoms with van der Waals surface area (Å²) in [6.45, 7) is 2.13. The second-order valence-electron chi connectivity index (χ2n) is 5.76. The van der Waals surface area contributed by atoms with Gasteiger partial charge in [-0.2, -0.15) is 0 Å². The van der Waals surface area contributed by atoms with E-state index >= 15 is 0 Å². The SMILES string of the molecule is COCCCNC(=O)CN1CC2CCCC2C1C(=O)O. The highest BCUT2D eigenvalue weighted by Gasteiger charge is 2.47. The van der Waals surface area contributed by atoms with Crippen LogP contribution in [0.25, 0.3) is 0 Å². The standard InChI is InChI=1S/C14H24N2O4/c1-20-7-3-6-15-12(17)9-16-8-10-4-2-5-11(10)13(16)14(18)19/h10-11,13H,2-9H2,1H3,(H,15,17)(H,18,19). The van der Waals surface area contributed by atoms with Crippen LogP contribution in [0.15, 0.2) is 0 Å². The number of likely N-dealkylation sites (tertiary alicyclic amines) is 1. The minimum absolute atomic E-state index is 0.0904. The Morgan fingerprint density at radius 3 is 2.90 bits per heavy atom. The molecule has 2 fully saturated rings. The second-order valence-corrected chi connectivity index (χ2v) is 5.76. The highest BCUT2D eigenvalue weighted by molar-refractivity contribution is 5.80. The van der Waals surface area contributed by atoms with E-state index in [0.29, 0.717) is 19.1 Å². The summed E-state index contributed by atoms with van der Waals surface area (Å²) in [4.78, 5) is 25.1. The van der Waals surface area contributed by atoms with Crippen LogP contribution in [0.5, 0.6) is 0 Å². The maximum atomic E-state index is 11.9. The Labute approximate surface area is 119 Å². The third-order valence-electron chi connectivity index (χ3n) is 4.43. The van der Waals surface area contributed by atoms with E-state index in [4.69, 9.17) is 4.74 Å². The molecule has 2 N–H and O–H groups in total. The van der Waals surface area contributed by atoms with Crippen molar-refractivity contribution < 1.29 is 19.4 Å². The van der Waals surface area contributed by atoms with E-state index in [1.807, 2.05) is 4.90 Å². The highest BCUT2D eigenvalue weighted by atomic mass is 16.5. The Morgan fingerprint density at radius 2 is 2.20 bits per heavy atom. The summed E-state index contributed by atoms with van der Waals surface area (Å²) in [5.41, 5.74) is 0. The van der Waals surface area contributed by atoms with Gasteiger partial charge in [0, 0.05) is 26.8 Å². The Bertz CT molecular complexity index is 361. The molecule has 3 unspecified atom stereocenters. The van der Waals surface area contributed by atoms with Crippen LogP contribution in [0.3, 0.4) is 0 Å². The summed E-state index contributed by atoms with van der Waals surface area (Å²) >= 11 is 0. The number of carbonyl (C=O) groups is 2. The van der Waals surface area contributed by atoms with Gasteiger partial charge in [-0.3, -0.25) is 14.5 Å². The number of carbonyl (C=O) groups excluding carboxylic acids is 1. The van der Waals surface area contributed by atoms with E-state index < -0.39 is 12.0 Å². The molecule has 0 radical (unpaired) electrons. The first-order valence-electron chi connectivity index (χ1n) is 7.36. The van der Waals surface area contributed by atoms with Gasteiger partial charge in [-0.05, 0) is 31.1 Å². The number of aliphatic carboxylic acids is 1. The average Bonchev–Trinajstić information content (AvgIpc) is 2.94. The van der Waals surface area contributed by atoms with E-state index in [2.05, 4.69) is 5.32 Å². The molecule has 2 aliphatic rings. The molecule has 0 spiro atoms. The molecule has 1 amide bonds. The van der Waals surface area contributed by atoms with E-state index in [9.17, 15) is 14.7 Å². The summed E-state index contributed by atoms with van der Waals surface area (Å²) in [7, 11) is 1.63. The summed E-state index contributed by atoms with van der Waals surface area (Å²) in [5, 5.41) is 12.2. The van der Waals surface area contributed by atoms with Crippen molar-refractivity contribution in [2.24, 2.45) is 11.8 Å². The number of carboxylic acids is 1. The monoisotopic (exact) mass is 284 g/mol. The molecule has 0 aromatic rings. The molecule has 0 bridgehead atoms. The van der Waals surface area contributed by atoms with Gasteiger partial charge in [-0.15, -0.1) is 0 Å². The summed E-state index contributed by atoms with van der Waals surface area (Å²) in [6, 6.07) is -0.479. The first kappa shape index (κ1) is 15.3. The molecule has 1 saturated carbocycles. The van der Waals surface area contributed by atoms with Gasteiger partial charge in [0.2, 0.25) is 5.91 Å². The van der Waals surface area contributed by atoms with Crippen LogP contribution in [-0.2, 0) is 14.3 Å². The molecule has 20 heavy (non-hydrogen) atoms. The van der Waals surface area contributed by atoms with Crippen molar-refractivity contribution in [1.29, 1.82) is 0 Å². The van der Waals surface area contributed by atoms with Crippen molar-refractivity contribution in [1.82, 2.24) is 10.2 Å². The minimum Gasteiger partial charge on any atom is -0.480 e. The second kappa shape index (κ2) is 7.04. The molecule has 1 aliphatic carbocycles. The Balaban J connectivity index is 1.82. The smallest absolute Gasteiger partial charge is 0.321 e. The zero-order valence-corrected chi connectivity index (χ0v) is 12.0. The third-order valence-corrected chi connectivity index (χ3v) is 4.43. The first-order valence-corrected chi connectivity index (χ1v) is 7.36. The number of nitrogens with zero attached hydrogens (tertiary/aromatic N) is 1. The predicted molar refractivity (Wildman–Crippen MR) is 73.3 cm³/mol. The van der Waals surface area contributed by atoms with Crippen LogP contribution < -0.4 is 5.32 Å². The number of ether oxygens (including phenoxy) is 1. The summed E-state index contributed by atoms with van der Waals surface area (Å²) in [5.74, 6) is -0.190. The van der Waals surface area contributed by atoms with Gasteiger partial charge in [-0.1, -0.05) is 6.42 Å². The number of hydrogen-bond donors (Lipinski definition) is 2. The first-order chi connectivity index (χ1) is 9.63. The number of carboxylic acid groups (broad SMARTS) is 1. The molecule has 0 aromatic heterocycles. The van der Waals surface area contributed by atoms with Crippen LogP contribution in [0.1, 0.15) is 25.7 Å². The normalized spacial score (nSPS) is 29.4. The fourth-order valence-corrected chi connectivity index (χ4v) is 3.58. The van der Waals surface area contributed by atoms with E-state index in [1.54, 1.807) is 7.11 Å². The highest BCUT2D eigenvalue weighted by Crippen LogP contribution is 2.41. The lowest BCUT2D eigenvalue weighted by atomic mass is 9.94. The predicted octanol–water partition coefficient (Wildman–Crippen LogP) is 0.324. The maximum Gasteiger partial charge on any atom is 0.321 e. The van der Waals surface area contributed by atoms with E-state index in [0.717, 1.165) is 32.2 Å². The van der Waals surface area contributed by atoms with Gasteiger partial charge in [0.1, 0.15) is 6.04 Å². The molecule has 2 rings (SSSR count). The van der Waals surface area contributed by atoms with Gasteiger partial charge in [0.25, 0.3) is 0 Å². The number of hydrogen-bond acceptors (Lipinski definition) is 4. The van der Waals surface area contributed by atoms with Crippen LogP contribution in [0.4, 0.5) is 0 Å². The molecule has 1 aliphatic heterocycles. The largest absolute Gasteiger partial charge is 0.480 e. The number of fused-ring (bicyclic) bond motifs is 1. The lowest BCUT2D eigenvalue weighted by Crippen LogP contribution is -2.45. The quantitative estimate of drug-likeness (QED) is 0.658. The Kier molecular flexibility index (Phi) is 5.37. The van der Waals surface area contributed by atoms with Gasteiger partial charge in [0.05, 0.1) is 6.54 Å². The molecular formula is C14H24N2O4. The van der Waals surface area contributed by atoms with Gasteiger partial charge >= 0.3 is 5.97 Å². The number of rotatable bonds is 7. The molecule has 6 nitrogen and oxygen atoms in total. The third kappa shape index (κ3) is 3.49. The minimum atomic E-state index is -0.786. The maximum absolute atomic E-state index is 11.9. The topological polar surface area (TPSA) is 78.9 Å². The molecule has 1 saturated heterocycles. The summed E-state index contributed by atoms with van der Waals surface area (Å²) < 4.78 is 4.92. The molecular weight excluding hydrogens is 260 g/mol. The zero-order valence-electron chi connectivity index (χ0n) is 12.0. The van der Waals surface area contributed by atoms with Crippen molar-refractivity contribution in [3.63, 3.8) is 0 Å². The van der Waals surface area contributed by atoms with Gasteiger partial charge in [-0.25, -0.2) is 0 Å². The van der Waals surface area contributed by atoms with Crippen LogP contribution in [0, 0.1) is 11.8 Å². The summed E-state index contributed by atoms with van der Waals surface area (Å²) in [6.07, 6.45) is 3.97. The zero-order chi connectivity index (χ0) is 14.5. The van der Waals surface area contributed by atoms with Crippen molar-refractivity contribution in [3.05, 3.63) is 0 Å².